The molecule has 0 aliphatic carbocycles. The summed E-state index contributed by atoms with van der Waals surface area (Å²) in [5.74, 6) is 1.40. The molecule has 2 rings (SSSR count). The molecule has 0 aliphatic heterocycles. The highest BCUT2D eigenvalue weighted by molar-refractivity contribution is 5.81. The fourth-order valence-electron chi connectivity index (χ4n) is 2.20. The first kappa shape index (κ1) is 16.9. The largest absolute Gasteiger partial charge is 0.494 e. The van der Waals surface area contributed by atoms with Crippen LogP contribution in [0, 0.1) is 0 Å². The molecule has 0 fully saturated rings. The number of ether oxygens (including phenoxy) is 2. The zero-order valence-corrected chi connectivity index (χ0v) is 13.6. The zero-order valence-electron chi connectivity index (χ0n) is 13.6. The number of nitrogens with one attached hydrogen (secondary N) is 1. The van der Waals surface area contributed by atoms with E-state index >= 15 is 0 Å². The molecule has 1 N–H and O–H groups in total. The van der Waals surface area contributed by atoms with E-state index in [1.54, 1.807) is 0 Å². The fraction of sp³-hybridized carbons (Fsp3) is 0.316. The maximum absolute atomic E-state index is 12.3. The molecule has 4 heteroatoms. The van der Waals surface area contributed by atoms with Crippen LogP contribution in [0.1, 0.15) is 25.8 Å². The normalized spacial score (nSPS) is 11.6. The molecule has 1 amide bonds. The smallest absolute Gasteiger partial charge is 0.261 e. The van der Waals surface area contributed by atoms with Gasteiger partial charge in [0, 0.05) is 6.54 Å². The molecule has 0 spiro atoms. The van der Waals surface area contributed by atoms with E-state index in [-0.39, 0.29) is 5.91 Å². The second-order valence-electron chi connectivity index (χ2n) is 5.13. The Bertz CT molecular complexity index is 613. The molecule has 2 aromatic carbocycles. The number of para-hydroxylation sites is 1. The lowest BCUT2D eigenvalue weighted by molar-refractivity contribution is -0.128. The van der Waals surface area contributed by atoms with E-state index in [1.807, 2.05) is 68.4 Å². The van der Waals surface area contributed by atoms with Gasteiger partial charge < -0.3 is 14.8 Å². The minimum atomic E-state index is -0.493. The molecule has 1 atom stereocenters. The van der Waals surface area contributed by atoms with Crippen LogP contribution in [0.2, 0.25) is 0 Å². The van der Waals surface area contributed by atoms with Gasteiger partial charge in [0.15, 0.2) is 6.10 Å². The Kier molecular flexibility index (Phi) is 6.48. The van der Waals surface area contributed by atoms with Crippen molar-refractivity contribution < 1.29 is 14.3 Å². The standard InChI is InChI=1S/C19H23NO3/c1-3-18(23-16-10-6-5-7-11-16)19(21)20-14-15-9-8-12-17(13-15)22-4-2/h5-13,18H,3-4,14H2,1-2H3,(H,20,21). The Morgan fingerprint density at radius 1 is 1.04 bits per heavy atom. The Morgan fingerprint density at radius 3 is 2.48 bits per heavy atom. The van der Waals surface area contributed by atoms with Crippen molar-refractivity contribution in [2.24, 2.45) is 0 Å². The molecule has 0 aromatic heterocycles. The summed E-state index contributed by atoms with van der Waals surface area (Å²) in [6, 6.07) is 17.1. The van der Waals surface area contributed by atoms with E-state index in [0.717, 1.165) is 11.3 Å². The van der Waals surface area contributed by atoms with Gasteiger partial charge in [0.05, 0.1) is 6.61 Å². The molecule has 23 heavy (non-hydrogen) atoms. The Labute approximate surface area is 137 Å². The third-order valence-corrected chi connectivity index (χ3v) is 3.36. The van der Waals surface area contributed by atoms with Gasteiger partial charge in [-0.2, -0.15) is 0 Å². The van der Waals surface area contributed by atoms with Crippen LogP contribution in [0.5, 0.6) is 11.5 Å². The monoisotopic (exact) mass is 313 g/mol. The third kappa shape index (κ3) is 5.33. The van der Waals surface area contributed by atoms with Gasteiger partial charge in [0.2, 0.25) is 0 Å². The second-order valence-corrected chi connectivity index (χ2v) is 5.13. The van der Waals surface area contributed by atoms with Gasteiger partial charge in [-0.3, -0.25) is 4.79 Å². The first-order valence-corrected chi connectivity index (χ1v) is 7.94. The van der Waals surface area contributed by atoms with Gasteiger partial charge in [0.1, 0.15) is 11.5 Å². The molecule has 4 nitrogen and oxygen atoms in total. The number of carbonyl (C=O) groups is 1. The van der Waals surface area contributed by atoms with E-state index < -0.39 is 6.10 Å². The van der Waals surface area contributed by atoms with Crippen LogP contribution in [-0.2, 0) is 11.3 Å². The van der Waals surface area contributed by atoms with Crippen molar-refractivity contribution in [1.29, 1.82) is 0 Å². The highest BCUT2D eigenvalue weighted by Crippen LogP contribution is 2.14. The lowest BCUT2D eigenvalue weighted by atomic mass is 10.2. The molecule has 0 saturated heterocycles. The van der Waals surface area contributed by atoms with Crippen molar-refractivity contribution in [2.45, 2.75) is 32.9 Å². The van der Waals surface area contributed by atoms with Gasteiger partial charge in [-0.15, -0.1) is 0 Å². The molecule has 0 heterocycles. The minimum Gasteiger partial charge on any atom is -0.494 e. The van der Waals surface area contributed by atoms with Crippen molar-refractivity contribution in [3.05, 3.63) is 60.2 Å². The quantitative estimate of drug-likeness (QED) is 0.810. The summed E-state index contributed by atoms with van der Waals surface area (Å²) in [5.41, 5.74) is 0.999. The predicted molar refractivity (Wildman–Crippen MR) is 90.6 cm³/mol. The van der Waals surface area contributed by atoms with Crippen LogP contribution in [0.4, 0.5) is 0 Å². The van der Waals surface area contributed by atoms with Gasteiger partial charge in [0.25, 0.3) is 5.91 Å². The summed E-state index contributed by atoms with van der Waals surface area (Å²) in [4.78, 5) is 12.3. The Balaban J connectivity index is 1.90. The SMILES string of the molecule is CCOc1cccc(CNC(=O)C(CC)Oc2ccccc2)c1. The average Bonchev–Trinajstić information content (AvgIpc) is 2.59. The van der Waals surface area contributed by atoms with Crippen LogP contribution in [-0.4, -0.2) is 18.6 Å². The van der Waals surface area contributed by atoms with E-state index in [4.69, 9.17) is 9.47 Å². The molecular weight excluding hydrogens is 290 g/mol. The van der Waals surface area contributed by atoms with Gasteiger partial charge in [-0.1, -0.05) is 37.3 Å². The van der Waals surface area contributed by atoms with Gasteiger partial charge in [-0.05, 0) is 43.2 Å². The molecule has 1 unspecified atom stereocenters. The minimum absolute atomic E-state index is 0.113. The summed E-state index contributed by atoms with van der Waals surface area (Å²) < 4.78 is 11.2. The highest BCUT2D eigenvalue weighted by atomic mass is 16.5. The summed E-state index contributed by atoms with van der Waals surface area (Å²) >= 11 is 0. The molecule has 0 aliphatic rings. The van der Waals surface area contributed by atoms with Crippen LogP contribution in [0.25, 0.3) is 0 Å². The second kappa shape index (κ2) is 8.83. The summed E-state index contributed by atoms with van der Waals surface area (Å²) in [5, 5.41) is 2.92. The topological polar surface area (TPSA) is 47.6 Å². The van der Waals surface area contributed by atoms with Crippen molar-refractivity contribution in [2.75, 3.05) is 6.61 Å². The number of benzene rings is 2. The number of hydrogen-bond donors (Lipinski definition) is 1. The Morgan fingerprint density at radius 2 is 1.78 bits per heavy atom. The lowest BCUT2D eigenvalue weighted by Crippen LogP contribution is -2.37. The molecule has 0 bridgehead atoms. The van der Waals surface area contributed by atoms with Crippen LogP contribution in [0.15, 0.2) is 54.6 Å². The maximum Gasteiger partial charge on any atom is 0.261 e. The average molecular weight is 313 g/mol. The number of hydrogen-bond acceptors (Lipinski definition) is 3. The third-order valence-electron chi connectivity index (χ3n) is 3.36. The predicted octanol–water partition coefficient (Wildman–Crippen LogP) is 3.56. The summed E-state index contributed by atoms with van der Waals surface area (Å²) in [6.07, 6.45) is 0.118. The van der Waals surface area contributed by atoms with E-state index in [1.165, 1.54) is 0 Å². The maximum atomic E-state index is 12.3. The molecule has 122 valence electrons. The van der Waals surface area contributed by atoms with Crippen LogP contribution < -0.4 is 14.8 Å². The lowest BCUT2D eigenvalue weighted by Gasteiger charge is -2.17. The molecule has 0 radical (unpaired) electrons. The summed E-state index contributed by atoms with van der Waals surface area (Å²) in [7, 11) is 0. The summed E-state index contributed by atoms with van der Waals surface area (Å²) in [6.45, 7) is 4.96. The molecular formula is C19H23NO3. The number of carbonyl (C=O) groups excluding carboxylic acids is 1. The van der Waals surface area contributed by atoms with E-state index in [2.05, 4.69) is 5.32 Å². The van der Waals surface area contributed by atoms with E-state index in [0.29, 0.717) is 25.3 Å². The fourth-order valence-corrected chi connectivity index (χ4v) is 2.20. The highest BCUT2D eigenvalue weighted by Gasteiger charge is 2.17. The molecule has 0 saturated carbocycles. The van der Waals surface area contributed by atoms with Crippen molar-refractivity contribution in [3.8, 4) is 11.5 Å². The van der Waals surface area contributed by atoms with Crippen molar-refractivity contribution in [1.82, 2.24) is 5.32 Å². The van der Waals surface area contributed by atoms with E-state index in [9.17, 15) is 4.79 Å². The molecule has 2 aromatic rings. The van der Waals surface area contributed by atoms with Crippen LogP contribution >= 0.6 is 0 Å². The van der Waals surface area contributed by atoms with Crippen molar-refractivity contribution in [3.63, 3.8) is 0 Å². The zero-order chi connectivity index (χ0) is 16.5. The number of amides is 1. The van der Waals surface area contributed by atoms with Crippen LogP contribution in [0.3, 0.4) is 0 Å². The van der Waals surface area contributed by atoms with Gasteiger partial charge in [-0.25, -0.2) is 0 Å². The Hall–Kier alpha value is -2.49. The first-order valence-electron chi connectivity index (χ1n) is 7.94. The van der Waals surface area contributed by atoms with Crippen molar-refractivity contribution >= 4 is 5.91 Å². The first-order chi connectivity index (χ1) is 11.2. The number of rotatable bonds is 8. The van der Waals surface area contributed by atoms with Gasteiger partial charge >= 0.3 is 0 Å².